The summed E-state index contributed by atoms with van der Waals surface area (Å²) in [5, 5.41) is 3.54. The highest BCUT2D eigenvalue weighted by Gasteiger charge is 2.26. The lowest BCUT2D eigenvalue weighted by atomic mass is 9.86. The zero-order valence-corrected chi connectivity index (χ0v) is 15.7. The Morgan fingerprint density at radius 1 is 1.00 bits per heavy atom. The minimum atomic E-state index is -0.251. The van der Waals surface area contributed by atoms with Gasteiger partial charge in [0.25, 0.3) is 0 Å². The predicted molar refractivity (Wildman–Crippen MR) is 90.7 cm³/mol. The Bertz CT molecular complexity index is 325. The average molecular weight is 299 g/mol. The van der Waals surface area contributed by atoms with Gasteiger partial charge in [-0.25, -0.2) is 0 Å². The molecule has 0 heterocycles. The first-order chi connectivity index (χ1) is 9.25. The number of carbonyl (C=O) groups excluding carboxylic acids is 1. The van der Waals surface area contributed by atoms with Crippen LogP contribution in [-0.2, 0) is 9.53 Å². The average Bonchev–Trinajstić information content (AvgIpc) is 2.21. The van der Waals surface area contributed by atoms with Crippen LogP contribution in [0.25, 0.3) is 0 Å². The number of ether oxygens (including phenoxy) is 1. The van der Waals surface area contributed by atoms with Crippen LogP contribution < -0.4 is 5.32 Å². The van der Waals surface area contributed by atoms with Gasteiger partial charge in [0.05, 0.1) is 5.60 Å². The second-order valence-electron chi connectivity index (χ2n) is 8.71. The Labute approximate surface area is 132 Å². The third-order valence-electron chi connectivity index (χ3n) is 3.69. The van der Waals surface area contributed by atoms with E-state index in [1.807, 2.05) is 20.8 Å². The Morgan fingerprint density at radius 3 is 1.95 bits per heavy atom. The van der Waals surface area contributed by atoms with Crippen molar-refractivity contribution in [3.05, 3.63) is 0 Å². The first-order valence-electron chi connectivity index (χ1n) is 8.20. The molecule has 0 aliphatic heterocycles. The molecule has 0 spiro atoms. The van der Waals surface area contributed by atoms with Crippen molar-refractivity contribution in [3.63, 3.8) is 0 Å². The number of Topliss-reactive ketones (excluding diaryl/α,β-unsaturated/α-hetero) is 1. The maximum absolute atomic E-state index is 12.0. The van der Waals surface area contributed by atoms with Crippen LogP contribution >= 0.6 is 0 Å². The summed E-state index contributed by atoms with van der Waals surface area (Å²) >= 11 is 0. The van der Waals surface area contributed by atoms with Gasteiger partial charge in [-0.15, -0.1) is 0 Å². The number of nitrogens with one attached hydrogen (secondary N) is 1. The molecule has 21 heavy (non-hydrogen) atoms. The fourth-order valence-corrected chi connectivity index (χ4v) is 2.30. The van der Waals surface area contributed by atoms with Gasteiger partial charge < -0.3 is 10.1 Å². The monoisotopic (exact) mass is 299 g/mol. The fourth-order valence-electron chi connectivity index (χ4n) is 2.30. The second-order valence-corrected chi connectivity index (χ2v) is 8.71. The van der Waals surface area contributed by atoms with Crippen LogP contribution in [0.2, 0.25) is 0 Å². The Hall–Kier alpha value is -0.410. The van der Waals surface area contributed by atoms with E-state index < -0.39 is 0 Å². The fraction of sp³-hybridized carbons (Fsp3) is 0.944. The van der Waals surface area contributed by atoms with Crippen molar-refractivity contribution in [1.29, 1.82) is 0 Å². The molecule has 0 radical (unpaired) electrons. The molecule has 126 valence electrons. The molecule has 0 aromatic carbocycles. The number of hydrogen-bond donors (Lipinski definition) is 1. The Morgan fingerprint density at radius 2 is 1.52 bits per heavy atom. The zero-order chi connectivity index (χ0) is 16.9. The van der Waals surface area contributed by atoms with E-state index in [-0.39, 0.29) is 16.6 Å². The lowest BCUT2D eigenvalue weighted by molar-refractivity contribution is -0.128. The summed E-state index contributed by atoms with van der Waals surface area (Å²) in [6.07, 6.45) is 2.33. The Kier molecular flexibility index (Phi) is 7.58. The van der Waals surface area contributed by atoms with E-state index in [2.05, 4.69) is 46.9 Å². The molecule has 0 saturated heterocycles. The summed E-state index contributed by atoms with van der Waals surface area (Å²) in [6, 6.07) is 0.470. The SMILES string of the molecule is CC(C)NC(C)(C)CCOC(C)(C)CCC(=O)C(C)(C)C. The van der Waals surface area contributed by atoms with Gasteiger partial charge in [-0.2, -0.15) is 0 Å². The van der Waals surface area contributed by atoms with Crippen molar-refractivity contribution in [2.75, 3.05) is 6.61 Å². The highest BCUT2D eigenvalue weighted by atomic mass is 16.5. The Balaban J connectivity index is 4.17. The van der Waals surface area contributed by atoms with Crippen LogP contribution in [0, 0.1) is 5.41 Å². The van der Waals surface area contributed by atoms with Crippen LogP contribution in [-0.4, -0.2) is 29.6 Å². The molecular weight excluding hydrogens is 262 g/mol. The van der Waals surface area contributed by atoms with Gasteiger partial charge in [0, 0.05) is 30.0 Å². The van der Waals surface area contributed by atoms with Gasteiger partial charge in [0.2, 0.25) is 0 Å². The van der Waals surface area contributed by atoms with Crippen molar-refractivity contribution >= 4 is 5.78 Å². The minimum Gasteiger partial charge on any atom is -0.375 e. The van der Waals surface area contributed by atoms with E-state index in [1.165, 1.54) is 0 Å². The van der Waals surface area contributed by atoms with Gasteiger partial charge >= 0.3 is 0 Å². The molecule has 1 N–H and O–H groups in total. The first kappa shape index (κ1) is 20.6. The normalized spacial score (nSPS) is 13.8. The summed E-state index contributed by atoms with van der Waals surface area (Å²) in [5.74, 6) is 0.306. The quantitative estimate of drug-likeness (QED) is 0.688. The highest BCUT2D eigenvalue weighted by Crippen LogP contribution is 2.24. The molecule has 0 unspecified atom stereocenters. The molecule has 0 rings (SSSR count). The number of carbonyl (C=O) groups is 1. The molecule has 0 saturated carbocycles. The number of rotatable bonds is 9. The van der Waals surface area contributed by atoms with E-state index in [4.69, 9.17) is 4.74 Å². The second kappa shape index (κ2) is 7.73. The predicted octanol–water partition coefficient (Wildman–Crippen LogP) is 4.34. The molecule has 0 aromatic rings. The smallest absolute Gasteiger partial charge is 0.138 e. The molecule has 0 amide bonds. The summed E-state index contributed by atoms with van der Waals surface area (Å²) in [7, 11) is 0. The minimum absolute atomic E-state index is 0.0749. The maximum Gasteiger partial charge on any atom is 0.138 e. The molecular formula is C18H37NO2. The third-order valence-corrected chi connectivity index (χ3v) is 3.69. The zero-order valence-electron chi connectivity index (χ0n) is 15.7. The lowest BCUT2D eigenvalue weighted by Crippen LogP contribution is -2.44. The standard InChI is InChI=1S/C18H37NO2/c1-14(2)19-17(6,7)12-13-21-18(8,9)11-10-15(20)16(3,4)5/h14,19H,10-13H2,1-9H3. The van der Waals surface area contributed by atoms with E-state index in [9.17, 15) is 4.79 Å². The number of ketones is 1. The van der Waals surface area contributed by atoms with Crippen molar-refractivity contribution in [2.24, 2.45) is 5.41 Å². The van der Waals surface area contributed by atoms with Crippen molar-refractivity contribution in [2.45, 2.75) is 98.8 Å². The molecule has 0 aliphatic rings. The maximum atomic E-state index is 12.0. The molecule has 0 bridgehead atoms. The molecule has 0 fully saturated rings. The van der Waals surface area contributed by atoms with Gasteiger partial charge in [-0.05, 0) is 40.5 Å². The largest absolute Gasteiger partial charge is 0.375 e. The summed E-state index contributed by atoms with van der Waals surface area (Å²) in [4.78, 5) is 12.0. The van der Waals surface area contributed by atoms with E-state index >= 15 is 0 Å². The van der Waals surface area contributed by atoms with E-state index in [1.54, 1.807) is 0 Å². The summed E-state index contributed by atoms with van der Waals surface area (Å²) in [6.45, 7) is 19.5. The van der Waals surface area contributed by atoms with Gasteiger partial charge in [0.15, 0.2) is 0 Å². The molecule has 0 aliphatic carbocycles. The van der Waals surface area contributed by atoms with Crippen LogP contribution in [0.4, 0.5) is 0 Å². The van der Waals surface area contributed by atoms with Crippen molar-refractivity contribution < 1.29 is 9.53 Å². The number of hydrogen-bond acceptors (Lipinski definition) is 3. The lowest BCUT2D eigenvalue weighted by Gasteiger charge is -2.32. The van der Waals surface area contributed by atoms with Crippen molar-refractivity contribution in [1.82, 2.24) is 5.32 Å². The van der Waals surface area contributed by atoms with Crippen LogP contribution in [0.3, 0.4) is 0 Å². The van der Waals surface area contributed by atoms with Gasteiger partial charge in [-0.1, -0.05) is 34.6 Å². The summed E-state index contributed by atoms with van der Waals surface area (Å²) < 4.78 is 6.02. The first-order valence-corrected chi connectivity index (χ1v) is 8.20. The van der Waals surface area contributed by atoms with Crippen LogP contribution in [0.1, 0.15) is 81.6 Å². The molecule has 0 aromatic heterocycles. The van der Waals surface area contributed by atoms with E-state index in [0.717, 1.165) is 12.8 Å². The molecule has 0 atom stereocenters. The summed E-state index contributed by atoms with van der Waals surface area (Å²) in [5.41, 5.74) is -0.417. The van der Waals surface area contributed by atoms with Gasteiger partial charge in [-0.3, -0.25) is 4.79 Å². The van der Waals surface area contributed by atoms with Gasteiger partial charge in [0.1, 0.15) is 5.78 Å². The molecule has 3 nitrogen and oxygen atoms in total. The van der Waals surface area contributed by atoms with Crippen LogP contribution in [0.15, 0.2) is 0 Å². The highest BCUT2D eigenvalue weighted by molar-refractivity contribution is 5.83. The van der Waals surface area contributed by atoms with Crippen LogP contribution in [0.5, 0.6) is 0 Å². The topological polar surface area (TPSA) is 38.3 Å². The molecule has 3 heteroatoms. The van der Waals surface area contributed by atoms with Crippen molar-refractivity contribution in [3.8, 4) is 0 Å². The third kappa shape index (κ3) is 10.0. The van der Waals surface area contributed by atoms with E-state index in [0.29, 0.717) is 24.9 Å².